The monoisotopic (exact) mass is 342 g/mol. The lowest BCUT2D eigenvalue weighted by atomic mass is 10.1. The molecule has 7 heteroatoms. The molecule has 7 nitrogen and oxygen atoms in total. The van der Waals surface area contributed by atoms with Gasteiger partial charge in [-0.3, -0.25) is 14.8 Å². The van der Waals surface area contributed by atoms with Gasteiger partial charge >= 0.3 is 0 Å². The fraction of sp³-hybridized carbons (Fsp3) is 0.611. The maximum atomic E-state index is 12.9. The average Bonchev–Trinajstić information content (AvgIpc) is 3.14. The molecular formula is C18H26N6O. The summed E-state index contributed by atoms with van der Waals surface area (Å²) in [5.74, 6) is 1.16. The molecule has 1 aliphatic carbocycles. The first-order valence-corrected chi connectivity index (χ1v) is 9.26. The van der Waals surface area contributed by atoms with Crippen molar-refractivity contribution in [1.29, 1.82) is 0 Å². The van der Waals surface area contributed by atoms with E-state index in [1.807, 2.05) is 24.3 Å². The molecule has 0 radical (unpaired) electrons. The summed E-state index contributed by atoms with van der Waals surface area (Å²) in [7, 11) is 2.02. The topological polar surface area (TPSA) is 70.1 Å². The molecule has 0 atom stereocenters. The maximum Gasteiger partial charge on any atom is 0.274 e. The number of aryl methyl sites for hydroxylation is 2. The number of imidazole rings is 1. The van der Waals surface area contributed by atoms with Crippen LogP contribution in [0.15, 0.2) is 12.4 Å². The quantitative estimate of drug-likeness (QED) is 0.856. The predicted molar refractivity (Wildman–Crippen MR) is 94.2 cm³/mol. The Morgan fingerprint density at radius 2 is 1.96 bits per heavy atom. The number of carbonyl (C=O) groups is 1. The van der Waals surface area contributed by atoms with E-state index < -0.39 is 0 Å². The standard InChI is InChI=1S/C18H26N6O/c1-22-8-7-19-16(22)13-23-9-11-24(12-10-23)18(25)17-14-5-3-2-4-6-15(14)20-21-17/h7-8H,2-6,9-13H2,1H3,(H,20,21). The van der Waals surface area contributed by atoms with Crippen molar-refractivity contribution in [3.8, 4) is 0 Å². The second-order valence-corrected chi connectivity index (χ2v) is 7.11. The van der Waals surface area contributed by atoms with E-state index in [1.54, 1.807) is 0 Å². The molecule has 1 aliphatic heterocycles. The molecule has 0 bridgehead atoms. The number of piperazine rings is 1. The van der Waals surface area contributed by atoms with E-state index in [-0.39, 0.29) is 5.91 Å². The number of aromatic nitrogens is 4. The van der Waals surface area contributed by atoms with E-state index in [4.69, 9.17) is 0 Å². The number of hydrogen-bond donors (Lipinski definition) is 1. The lowest BCUT2D eigenvalue weighted by Crippen LogP contribution is -2.48. The van der Waals surface area contributed by atoms with E-state index in [2.05, 4.69) is 24.6 Å². The van der Waals surface area contributed by atoms with Gasteiger partial charge in [-0.15, -0.1) is 0 Å². The third-order valence-electron chi connectivity index (χ3n) is 5.45. The van der Waals surface area contributed by atoms with Gasteiger partial charge in [-0.05, 0) is 25.7 Å². The van der Waals surface area contributed by atoms with Crippen molar-refractivity contribution >= 4 is 5.91 Å². The van der Waals surface area contributed by atoms with Crippen LogP contribution in [0.25, 0.3) is 0 Å². The van der Waals surface area contributed by atoms with Crippen LogP contribution >= 0.6 is 0 Å². The Balaban J connectivity index is 1.38. The number of aromatic amines is 1. The third-order valence-corrected chi connectivity index (χ3v) is 5.45. The zero-order chi connectivity index (χ0) is 17.2. The van der Waals surface area contributed by atoms with Gasteiger partial charge in [0.05, 0.1) is 6.54 Å². The molecule has 0 spiro atoms. The lowest BCUT2D eigenvalue weighted by molar-refractivity contribution is 0.0617. The van der Waals surface area contributed by atoms with Crippen LogP contribution in [0.5, 0.6) is 0 Å². The normalized spacial score (nSPS) is 18.8. The second kappa shape index (κ2) is 7.00. The Labute approximate surface area is 148 Å². The number of fused-ring (bicyclic) bond motifs is 1. The summed E-state index contributed by atoms with van der Waals surface area (Å²) in [5.41, 5.74) is 3.00. The number of nitrogens with one attached hydrogen (secondary N) is 1. The molecule has 1 amide bonds. The summed E-state index contributed by atoms with van der Waals surface area (Å²) in [4.78, 5) is 21.6. The summed E-state index contributed by atoms with van der Waals surface area (Å²) >= 11 is 0. The van der Waals surface area contributed by atoms with Crippen molar-refractivity contribution in [2.75, 3.05) is 26.2 Å². The Morgan fingerprint density at radius 1 is 1.16 bits per heavy atom. The first-order valence-electron chi connectivity index (χ1n) is 9.26. The van der Waals surface area contributed by atoms with Crippen LogP contribution in [0.4, 0.5) is 0 Å². The van der Waals surface area contributed by atoms with E-state index in [0.29, 0.717) is 5.69 Å². The Hall–Kier alpha value is -2.15. The number of rotatable bonds is 3. The number of carbonyl (C=O) groups excluding carboxylic acids is 1. The molecule has 4 rings (SSSR count). The van der Waals surface area contributed by atoms with Crippen LogP contribution in [0.1, 0.15) is 46.8 Å². The third kappa shape index (κ3) is 3.33. The highest BCUT2D eigenvalue weighted by molar-refractivity contribution is 5.94. The number of amides is 1. The van der Waals surface area contributed by atoms with Crippen LogP contribution in [0.3, 0.4) is 0 Å². The molecule has 25 heavy (non-hydrogen) atoms. The minimum Gasteiger partial charge on any atom is -0.337 e. The Morgan fingerprint density at radius 3 is 2.72 bits per heavy atom. The molecule has 134 valence electrons. The van der Waals surface area contributed by atoms with Crippen molar-refractivity contribution in [1.82, 2.24) is 29.5 Å². The molecular weight excluding hydrogens is 316 g/mol. The lowest BCUT2D eigenvalue weighted by Gasteiger charge is -2.34. The van der Waals surface area contributed by atoms with Crippen molar-refractivity contribution in [2.45, 2.75) is 38.6 Å². The minimum atomic E-state index is 0.0936. The smallest absolute Gasteiger partial charge is 0.274 e. The summed E-state index contributed by atoms with van der Waals surface area (Å²) in [5, 5.41) is 7.47. The molecule has 2 aromatic rings. The van der Waals surface area contributed by atoms with Gasteiger partial charge in [0.25, 0.3) is 5.91 Å². The van der Waals surface area contributed by atoms with Crippen LogP contribution in [0.2, 0.25) is 0 Å². The summed E-state index contributed by atoms with van der Waals surface area (Å²) in [6.45, 7) is 4.11. The van der Waals surface area contributed by atoms with E-state index >= 15 is 0 Å². The highest BCUT2D eigenvalue weighted by atomic mass is 16.2. The zero-order valence-corrected chi connectivity index (χ0v) is 14.9. The first-order chi connectivity index (χ1) is 12.2. The average molecular weight is 342 g/mol. The SMILES string of the molecule is Cn1ccnc1CN1CCN(C(=O)c2n[nH]c3c2CCCCC3)CC1. The number of hydrogen-bond acceptors (Lipinski definition) is 4. The van der Waals surface area contributed by atoms with Gasteiger partial charge < -0.3 is 9.47 Å². The molecule has 2 aromatic heterocycles. The summed E-state index contributed by atoms with van der Waals surface area (Å²) < 4.78 is 2.05. The van der Waals surface area contributed by atoms with Gasteiger partial charge in [0, 0.05) is 56.9 Å². The fourth-order valence-corrected chi connectivity index (χ4v) is 3.84. The van der Waals surface area contributed by atoms with Gasteiger partial charge in [-0.25, -0.2) is 4.98 Å². The van der Waals surface area contributed by atoms with Crippen LogP contribution in [-0.2, 0) is 26.4 Å². The Kier molecular flexibility index (Phi) is 4.57. The van der Waals surface area contributed by atoms with Gasteiger partial charge in [0.2, 0.25) is 0 Å². The van der Waals surface area contributed by atoms with Gasteiger partial charge in [-0.1, -0.05) is 6.42 Å². The molecule has 1 saturated heterocycles. The van der Waals surface area contributed by atoms with Crippen LogP contribution in [-0.4, -0.2) is 61.6 Å². The first kappa shape index (κ1) is 16.3. The van der Waals surface area contributed by atoms with E-state index in [9.17, 15) is 4.79 Å². The fourth-order valence-electron chi connectivity index (χ4n) is 3.84. The molecule has 1 N–H and O–H groups in total. The molecule has 2 aliphatic rings. The Bertz CT molecular complexity index is 741. The predicted octanol–water partition coefficient (Wildman–Crippen LogP) is 1.37. The van der Waals surface area contributed by atoms with Crippen molar-refractivity contribution < 1.29 is 4.79 Å². The van der Waals surface area contributed by atoms with Crippen molar-refractivity contribution in [3.05, 3.63) is 35.2 Å². The number of nitrogens with zero attached hydrogens (tertiary/aromatic N) is 5. The van der Waals surface area contributed by atoms with Crippen molar-refractivity contribution in [3.63, 3.8) is 0 Å². The van der Waals surface area contributed by atoms with E-state index in [1.165, 1.54) is 18.5 Å². The minimum absolute atomic E-state index is 0.0936. The molecule has 0 unspecified atom stereocenters. The van der Waals surface area contributed by atoms with Crippen molar-refractivity contribution in [2.24, 2.45) is 7.05 Å². The summed E-state index contributed by atoms with van der Waals surface area (Å²) in [6, 6.07) is 0. The molecule has 1 fully saturated rings. The summed E-state index contributed by atoms with van der Waals surface area (Å²) in [6.07, 6.45) is 9.39. The second-order valence-electron chi connectivity index (χ2n) is 7.11. The molecule has 3 heterocycles. The molecule has 0 saturated carbocycles. The maximum absolute atomic E-state index is 12.9. The van der Waals surface area contributed by atoms with Gasteiger partial charge in [-0.2, -0.15) is 5.10 Å². The van der Waals surface area contributed by atoms with E-state index in [0.717, 1.165) is 63.4 Å². The number of H-pyrrole nitrogens is 1. The largest absolute Gasteiger partial charge is 0.337 e. The highest BCUT2D eigenvalue weighted by Crippen LogP contribution is 2.23. The van der Waals surface area contributed by atoms with Gasteiger partial charge in [0.1, 0.15) is 5.82 Å². The van der Waals surface area contributed by atoms with Gasteiger partial charge in [0.15, 0.2) is 5.69 Å². The zero-order valence-electron chi connectivity index (χ0n) is 14.9. The molecule has 0 aromatic carbocycles. The van der Waals surface area contributed by atoms with Crippen LogP contribution in [0, 0.1) is 0 Å². The highest BCUT2D eigenvalue weighted by Gasteiger charge is 2.27. The van der Waals surface area contributed by atoms with Crippen LogP contribution < -0.4 is 0 Å².